The van der Waals surface area contributed by atoms with E-state index in [1.807, 2.05) is 12.1 Å². The van der Waals surface area contributed by atoms with Gasteiger partial charge in [0.2, 0.25) is 5.91 Å². The maximum absolute atomic E-state index is 12.4. The molecule has 3 rings (SSSR count). The van der Waals surface area contributed by atoms with Gasteiger partial charge in [-0.25, -0.2) is 0 Å². The first-order valence-corrected chi connectivity index (χ1v) is 10.4. The summed E-state index contributed by atoms with van der Waals surface area (Å²) in [7, 11) is 1.69. The van der Waals surface area contributed by atoms with Crippen molar-refractivity contribution >= 4 is 17.7 Å². The zero-order valence-electron chi connectivity index (χ0n) is 15.9. The van der Waals surface area contributed by atoms with Crippen LogP contribution in [0, 0.1) is 0 Å². The molecule has 0 fully saturated rings. The summed E-state index contributed by atoms with van der Waals surface area (Å²) in [6.45, 7) is 3.12. The van der Waals surface area contributed by atoms with Crippen LogP contribution in [-0.4, -0.2) is 37.3 Å². The molecule has 142 valence electrons. The first-order chi connectivity index (χ1) is 13.2. The molecule has 4 nitrogen and oxygen atoms in total. The lowest BCUT2D eigenvalue weighted by molar-refractivity contribution is -0.117. The Morgan fingerprint density at radius 2 is 2.00 bits per heavy atom. The van der Waals surface area contributed by atoms with E-state index >= 15 is 0 Å². The lowest BCUT2D eigenvalue weighted by atomic mass is 10.1. The second kappa shape index (κ2) is 9.62. The van der Waals surface area contributed by atoms with Crippen LogP contribution in [0.2, 0.25) is 0 Å². The second-order valence-electron chi connectivity index (χ2n) is 6.60. The molecular formula is C22H26N2O2S. The fourth-order valence-electron chi connectivity index (χ4n) is 3.13. The molecule has 1 aliphatic heterocycles. The van der Waals surface area contributed by atoms with Gasteiger partial charge in [0.05, 0.1) is 7.11 Å². The third-order valence-electron chi connectivity index (χ3n) is 4.74. The largest absolute Gasteiger partial charge is 0.497 e. The number of hydrogen-bond acceptors (Lipinski definition) is 4. The summed E-state index contributed by atoms with van der Waals surface area (Å²) in [5.74, 6) is 0.927. The van der Waals surface area contributed by atoms with E-state index in [0.717, 1.165) is 42.9 Å². The number of benzene rings is 2. The van der Waals surface area contributed by atoms with E-state index < -0.39 is 0 Å². The molecule has 1 heterocycles. The number of thioether (sulfide) groups is 1. The van der Waals surface area contributed by atoms with Gasteiger partial charge in [-0.2, -0.15) is 0 Å². The molecule has 0 saturated carbocycles. The highest BCUT2D eigenvalue weighted by Gasteiger charge is 2.17. The van der Waals surface area contributed by atoms with Crippen LogP contribution in [0.25, 0.3) is 0 Å². The molecule has 2 aromatic rings. The quantitative estimate of drug-likeness (QED) is 0.738. The molecule has 2 aromatic carbocycles. The van der Waals surface area contributed by atoms with Crippen LogP contribution in [-0.2, 0) is 17.9 Å². The minimum atomic E-state index is 0.0463. The van der Waals surface area contributed by atoms with Crippen LogP contribution < -0.4 is 10.1 Å². The molecule has 0 unspecified atom stereocenters. The Bertz CT molecular complexity index is 802. The Labute approximate surface area is 165 Å². The fourth-order valence-corrected chi connectivity index (χ4v) is 3.54. The molecule has 0 atom stereocenters. The van der Waals surface area contributed by atoms with Crippen molar-refractivity contribution < 1.29 is 9.53 Å². The molecule has 1 amide bonds. The van der Waals surface area contributed by atoms with Crippen molar-refractivity contribution in [2.75, 3.05) is 26.5 Å². The maximum atomic E-state index is 12.4. The minimum absolute atomic E-state index is 0.0463. The van der Waals surface area contributed by atoms with Crippen molar-refractivity contribution in [3.05, 3.63) is 71.3 Å². The van der Waals surface area contributed by atoms with Gasteiger partial charge >= 0.3 is 0 Å². The van der Waals surface area contributed by atoms with E-state index in [1.165, 1.54) is 10.5 Å². The first-order valence-electron chi connectivity index (χ1n) is 9.13. The van der Waals surface area contributed by atoms with Crippen LogP contribution >= 0.6 is 11.8 Å². The van der Waals surface area contributed by atoms with Crippen LogP contribution in [0.15, 0.2) is 65.1 Å². The van der Waals surface area contributed by atoms with Gasteiger partial charge in [0.15, 0.2) is 0 Å². The van der Waals surface area contributed by atoms with E-state index in [-0.39, 0.29) is 5.91 Å². The fraction of sp³-hybridized carbons (Fsp3) is 0.318. The monoisotopic (exact) mass is 382 g/mol. The van der Waals surface area contributed by atoms with Gasteiger partial charge in [-0.3, -0.25) is 9.69 Å². The SMILES string of the molecule is COc1cccc(CN2CC=C(C(=O)NCc3ccc(SC)cc3)CC2)c1. The zero-order chi connectivity index (χ0) is 19.1. The highest BCUT2D eigenvalue weighted by atomic mass is 32.2. The minimum Gasteiger partial charge on any atom is -0.497 e. The van der Waals surface area contributed by atoms with Crippen LogP contribution in [0.4, 0.5) is 0 Å². The average molecular weight is 383 g/mol. The Kier molecular flexibility index (Phi) is 6.96. The van der Waals surface area contributed by atoms with Crippen LogP contribution in [0.5, 0.6) is 5.75 Å². The highest BCUT2D eigenvalue weighted by molar-refractivity contribution is 7.98. The number of rotatable bonds is 7. The Balaban J connectivity index is 1.49. The molecule has 0 aromatic heterocycles. The van der Waals surface area contributed by atoms with Crippen molar-refractivity contribution in [2.45, 2.75) is 24.4 Å². The predicted octanol–water partition coefficient (Wildman–Crippen LogP) is 3.87. The molecule has 1 N–H and O–H groups in total. The molecule has 0 radical (unpaired) electrons. The predicted molar refractivity (Wildman–Crippen MR) is 111 cm³/mol. The first kappa shape index (κ1) is 19.5. The Morgan fingerprint density at radius 3 is 2.67 bits per heavy atom. The van der Waals surface area contributed by atoms with Crippen molar-refractivity contribution in [3.8, 4) is 5.75 Å². The molecule has 27 heavy (non-hydrogen) atoms. The number of nitrogens with one attached hydrogen (secondary N) is 1. The molecular weight excluding hydrogens is 356 g/mol. The number of methoxy groups -OCH3 is 1. The van der Waals surface area contributed by atoms with Gasteiger partial charge in [0.25, 0.3) is 0 Å². The zero-order valence-corrected chi connectivity index (χ0v) is 16.7. The Morgan fingerprint density at radius 1 is 1.19 bits per heavy atom. The van der Waals surface area contributed by atoms with E-state index in [4.69, 9.17) is 4.74 Å². The van der Waals surface area contributed by atoms with Gasteiger partial charge < -0.3 is 10.1 Å². The molecule has 5 heteroatoms. The lowest BCUT2D eigenvalue weighted by Gasteiger charge is -2.26. The van der Waals surface area contributed by atoms with Crippen molar-refractivity contribution in [2.24, 2.45) is 0 Å². The summed E-state index contributed by atoms with van der Waals surface area (Å²) in [5.41, 5.74) is 3.24. The second-order valence-corrected chi connectivity index (χ2v) is 7.48. The van der Waals surface area contributed by atoms with Gasteiger partial charge in [0, 0.05) is 36.6 Å². The number of hydrogen-bond donors (Lipinski definition) is 1. The van der Waals surface area contributed by atoms with E-state index in [1.54, 1.807) is 18.9 Å². The standard InChI is InChI=1S/C22H26N2O2S/c1-26-20-5-3-4-18(14-20)16-24-12-10-19(11-13-24)22(25)23-15-17-6-8-21(27-2)9-7-17/h3-10,14H,11-13,15-16H2,1-2H3,(H,23,25). The summed E-state index contributed by atoms with van der Waals surface area (Å²) < 4.78 is 5.28. The number of carbonyl (C=O) groups excluding carboxylic acids is 1. The van der Waals surface area contributed by atoms with Crippen LogP contribution in [0.3, 0.4) is 0 Å². The van der Waals surface area contributed by atoms with Gasteiger partial charge in [-0.15, -0.1) is 11.8 Å². The van der Waals surface area contributed by atoms with Crippen molar-refractivity contribution in [1.82, 2.24) is 10.2 Å². The van der Waals surface area contributed by atoms with Crippen molar-refractivity contribution in [3.63, 3.8) is 0 Å². The normalized spacial score (nSPS) is 14.5. The summed E-state index contributed by atoms with van der Waals surface area (Å²) in [5, 5.41) is 3.04. The van der Waals surface area contributed by atoms with Gasteiger partial charge in [-0.05, 0) is 48.1 Å². The van der Waals surface area contributed by atoms with Crippen LogP contribution in [0.1, 0.15) is 17.5 Å². The third kappa shape index (κ3) is 5.62. The molecule has 1 aliphatic rings. The number of ether oxygens (including phenoxy) is 1. The molecule has 0 saturated heterocycles. The summed E-state index contributed by atoms with van der Waals surface area (Å²) in [6, 6.07) is 16.4. The molecule has 0 bridgehead atoms. The van der Waals surface area contributed by atoms with E-state index in [2.05, 4.69) is 58.9 Å². The number of carbonyl (C=O) groups is 1. The average Bonchev–Trinajstić information content (AvgIpc) is 2.73. The molecule has 0 aliphatic carbocycles. The van der Waals surface area contributed by atoms with Gasteiger partial charge in [0.1, 0.15) is 5.75 Å². The number of amides is 1. The smallest absolute Gasteiger partial charge is 0.247 e. The summed E-state index contributed by atoms with van der Waals surface area (Å²) >= 11 is 1.72. The van der Waals surface area contributed by atoms with Crippen molar-refractivity contribution in [1.29, 1.82) is 0 Å². The lowest BCUT2D eigenvalue weighted by Crippen LogP contribution is -2.33. The van der Waals surface area contributed by atoms with Gasteiger partial charge in [-0.1, -0.05) is 30.3 Å². The van der Waals surface area contributed by atoms with E-state index in [9.17, 15) is 4.79 Å². The van der Waals surface area contributed by atoms with E-state index in [0.29, 0.717) is 6.54 Å². The third-order valence-corrected chi connectivity index (χ3v) is 5.48. The summed E-state index contributed by atoms with van der Waals surface area (Å²) in [6.07, 6.45) is 4.89. The maximum Gasteiger partial charge on any atom is 0.247 e. The summed E-state index contributed by atoms with van der Waals surface area (Å²) in [4.78, 5) is 16.0. The molecule has 0 spiro atoms. The highest BCUT2D eigenvalue weighted by Crippen LogP contribution is 2.18. The number of nitrogens with zero attached hydrogens (tertiary/aromatic N) is 1. The topological polar surface area (TPSA) is 41.6 Å². The Hall–Kier alpha value is -2.24.